The van der Waals surface area contributed by atoms with E-state index in [2.05, 4.69) is 9.97 Å². The van der Waals surface area contributed by atoms with Gasteiger partial charge in [-0.1, -0.05) is 0 Å². The summed E-state index contributed by atoms with van der Waals surface area (Å²) in [5, 5.41) is 0.874. The number of halogens is 1. The highest BCUT2D eigenvalue weighted by Crippen LogP contribution is 2.33. The number of rotatable bonds is 4. The molecule has 1 unspecified atom stereocenters. The molecule has 0 fully saturated rings. The number of hydrogen-bond acceptors (Lipinski definition) is 6. The Kier molecular flexibility index (Phi) is 4.04. The number of fused-ring (bicyclic) bond motifs is 1. The topological polar surface area (TPSA) is 96.3 Å². The fourth-order valence-electron chi connectivity index (χ4n) is 1.84. The molecule has 19 heavy (non-hydrogen) atoms. The van der Waals surface area contributed by atoms with Crippen LogP contribution in [0.4, 0.5) is 0 Å². The number of nitrogens with two attached hydrogens (primary N) is 2. The molecule has 0 aliphatic heterocycles. The monoisotopic (exact) mass is 282 g/mol. The summed E-state index contributed by atoms with van der Waals surface area (Å²) in [5.41, 5.74) is 12.8. The quantitative estimate of drug-likeness (QED) is 0.820. The van der Waals surface area contributed by atoms with Crippen molar-refractivity contribution in [3.8, 4) is 11.5 Å². The molecule has 2 aromatic rings. The minimum atomic E-state index is -0.416. The van der Waals surface area contributed by atoms with Gasteiger partial charge in [-0.25, -0.2) is 9.97 Å². The van der Waals surface area contributed by atoms with E-state index < -0.39 is 6.04 Å². The van der Waals surface area contributed by atoms with E-state index in [1.54, 1.807) is 26.4 Å². The maximum Gasteiger partial charge on any atom is 0.223 e. The van der Waals surface area contributed by atoms with Gasteiger partial charge in [0.05, 0.1) is 31.5 Å². The van der Waals surface area contributed by atoms with Crippen LogP contribution in [0.1, 0.15) is 11.7 Å². The highest BCUT2D eigenvalue weighted by atomic mass is 35.5. The highest BCUT2D eigenvalue weighted by Gasteiger charge is 2.16. The second-order valence-corrected chi connectivity index (χ2v) is 4.28. The number of ether oxygens (including phenoxy) is 2. The average Bonchev–Trinajstić information content (AvgIpc) is 2.43. The van der Waals surface area contributed by atoms with Crippen LogP contribution in [0.3, 0.4) is 0 Å². The Morgan fingerprint density at radius 1 is 1.21 bits per heavy atom. The first-order valence-electron chi connectivity index (χ1n) is 5.65. The van der Waals surface area contributed by atoms with Crippen molar-refractivity contribution >= 4 is 22.5 Å². The molecule has 1 heterocycles. The number of aromatic nitrogens is 2. The van der Waals surface area contributed by atoms with Gasteiger partial charge >= 0.3 is 0 Å². The molecule has 0 amide bonds. The predicted octanol–water partition coefficient (Wildman–Crippen LogP) is 1.26. The van der Waals surface area contributed by atoms with E-state index in [1.165, 1.54) is 0 Å². The van der Waals surface area contributed by atoms with Crippen molar-refractivity contribution in [1.82, 2.24) is 9.97 Å². The number of nitrogens with zero attached hydrogens (tertiary/aromatic N) is 2. The Bertz CT molecular complexity index is 606. The minimum Gasteiger partial charge on any atom is -0.493 e. The molecule has 1 aromatic heterocycles. The second kappa shape index (κ2) is 5.56. The lowest BCUT2D eigenvalue weighted by Crippen LogP contribution is -2.22. The lowest BCUT2D eigenvalue weighted by molar-refractivity contribution is 0.355. The van der Waals surface area contributed by atoms with Crippen LogP contribution in [-0.2, 0) is 0 Å². The molecular weight excluding hydrogens is 268 g/mol. The van der Waals surface area contributed by atoms with Crippen LogP contribution in [0.2, 0.25) is 5.28 Å². The molecule has 0 aliphatic rings. The molecule has 0 bridgehead atoms. The van der Waals surface area contributed by atoms with Crippen LogP contribution in [0.15, 0.2) is 12.1 Å². The van der Waals surface area contributed by atoms with Crippen molar-refractivity contribution in [3.05, 3.63) is 23.1 Å². The van der Waals surface area contributed by atoms with Crippen molar-refractivity contribution in [2.75, 3.05) is 20.8 Å². The number of benzene rings is 1. The molecule has 1 aromatic carbocycles. The molecule has 0 aliphatic carbocycles. The molecule has 0 spiro atoms. The molecule has 7 heteroatoms. The van der Waals surface area contributed by atoms with E-state index in [4.69, 9.17) is 32.5 Å². The third-order valence-electron chi connectivity index (χ3n) is 2.81. The summed E-state index contributed by atoms with van der Waals surface area (Å²) in [7, 11) is 3.11. The molecule has 0 radical (unpaired) electrons. The Labute approximate surface area is 115 Å². The van der Waals surface area contributed by atoms with Gasteiger partial charge in [-0.15, -0.1) is 0 Å². The largest absolute Gasteiger partial charge is 0.493 e. The van der Waals surface area contributed by atoms with Gasteiger partial charge in [0.2, 0.25) is 5.28 Å². The van der Waals surface area contributed by atoms with Crippen LogP contribution in [0.5, 0.6) is 11.5 Å². The molecule has 4 N–H and O–H groups in total. The zero-order valence-electron chi connectivity index (χ0n) is 10.7. The molecular formula is C12H15ClN4O2. The van der Waals surface area contributed by atoms with Gasteiger partial charge < -0.3 is 20.9 Å². The van der Waals surface area contributed by atoms with Crippen LogP contribution >= 0.6 is 11.6 Å². The normalized spacial score (nSPS) is 12.5. The standard InChI is InChI=1S/C12H15ClN4O2/c1-18-9-3-6-8(4-10(9)19-2)16-12(13)17-11(6)7(15)5-14/h3-4,7H,5,14-15H2,1-2H3. The second-order valence-electron chi connectivity index (χ2n) is 3.94. The third kappa shape index (κ3) is 2.56. The maximum absolute atomic E-state index is 5.95. The molecule has 1 atom stereocenters. The van der Waals surface area contributed by atoms with Crippen LogP contribution < -0.4 is 20.9 Å². The summed E-state index contributed by atoms with van der Waals surface area (Å²) in [5.74, 6) is 1.14. The van der Waals surface area contributed by atoms with Crippen molar-refractivity contribution in [2.24, 2.45) is 11.5 Å². The Morgan fingerprint density at radius 2 is 1.84 bits per heavy atom. The summed E-state index contributed by atoms with van der Waals surface area (Å²) < 4.78 is 10.5. The number of methoxy groups -OCH3 is 2. The van der Waals surface area contributed by atoms with E-state index in [-0.39, 0.29) is 11.8 Å². The van der Waals surface area contributed by atoms with Gasteiger partial charge in [0.15, 0.2) is 11.5 Å². The van der Waals surface area contributed by atoms with Crippen LogP contribution in [0, 0.1) is 0 Å². The lowest BCUT2D eigenvalue weighted by Gasteiger charge is -2.14. The van der Waals surface area contributed by atoms with Crippen LogP contribution in [-0.4, -0.2) is 30.7 Å². The van der Waals surface area contributed by atoms with Crippen molar-refractivity contribution in [3.63, 3.8) is 0 Å². The molecule has 2 rings (SSSR count). The smallest absolute Gasteiger partial charge is 0.223 e. The SMILES string of the molecule is COc1cc2nc(Cl)nc(C(N)CN)c2cc1OC. The Morgan fingerprint density at radius 3 is 2.42 bits per heavy atom. The van der Waals surface area contributed by atoms with E-state index in [0.717, 1.165) is 5.39 Å². The van der Waals surface area contributed by atoms with Crippen LogP contribution in [0.25, 0.3) is 10.9 Å². The Balaban J connectivity index is 2.75. The van der Waals surface area contributed by atoms with Gasteiger partial charge in [-0.2, -0.15) is 0 Å². The van der Waals surface area contributed by atoms with Crippen molar-refractivity contribution in [1.29, 1.82) is 0 Å². The summed E-state index contributed by atoms with van der Waals surface area (Å²) >= 11 is 5.90. The van der Waals surface area contributed by atoms with Gasteiger partial charge in [-0.3, -0.25) is 0 Å². The summed E-state index contributed by atoms with van der Waals surface area (Å²) in [4.78, 5) is 8.32. The summed E-state index contributed by atoms with van der Waals surface area (Å²) in [6.45, 7) is 0.261. The van der Waals surface area contributed by atoms with Gasteiger partial charge in [-0.05, 0) is 17.7 Å². The lowest BCUT2D eigenvalue weighted by atomic mass is 10.1. The Hall–Kier alpha value is -1.63. The first-order valence-corrected chi connectivity index (χ1v) is 6.03. The fourth-order valence-corrected chi connectivity index (χ4v) is 2.03. The maximum atomic E-state index is 5.95. The van der Waals surface area contributed by atoms with Gasteiger partial charge in [0.1, 0.15) is 0 Å². The average molecular weight is 283 g/mol. The number of hydrogen-bond donors (Lipinski definition) is 2. The molecule has 6 nitrogen and oxygen atoms in total. The van der Waals surface area contributed by atoms with Crippen molar-refractivity contribution in [2.45, 2.75) is 6.04 Å². The van der Waals surface area contributed by atoms with E-state index in [9.17, 15) is 0 Å². The van der Waals surface area contributed by atoms with Gasteiger partial charge in [0, 0.05) is 18.0 Å². The molecule has 102 valence electrons. The predicted molar refractivity (Wildman–Crippen MR) is 73.6 cm³/mol. The molecule has 0 saturated heterocycles. The van der Waals surface area contributed by atoms with Crippen molar-refractivity contribution < 1.29 is 9.47 Å². The zero-order chi connectivity index (χ0) is 14.0. The van der Waals surface area contributed by atoms with E-state index in [0.29, 0.717) is 22.7 Å². The third-order valence-corrected chi connectivity index (χ3v) is 2.98. The molecule has 0 saturated carbocycles. The fraction of sp³-hybridized carbons (Fsp3) is 0.333. The minimum absolute atomic E-state index is 0.124. The van der Waals surface area contributed by atoms with E-state index in [1.807, 2.05) is 0 Å². The van der Waals surface area contributed by atoms with Gasteiger partial charge in [0.25, 0.3) is 0 Å². The van der Waals surface area contributed by atoms with E-state index >= 15 is 0 Å². The first kappa shape index (κ1) is 13.8. The first-order chi connectivity index (χ1) is 9.10. The summed E-state index contributed by atoms with van der Waals surface area (Å²) in [6.07, 6.45) is 0. The zero-order valence-corrected chi connectivity index (χ0v) is 11.4. The highest BCUT2D eigenvalue weighted by molar-refractivity contribution is 6.28. The summed E-state index contributed by atoms with van der Waals surface area (Å²) in [6, 6.07) is 3.09.